The molecule has 0 aromatic heterocycles. The van der Waals surface area contributed by atoms with Crippen LogP contribution in [0.2, 0.25) is 0 Å². The van der Waals surface area contributed by atoms with Crippen LogP contribution >= 0.6 is 0 Å². The number of hydrogen-bond donors (Lipinski definition) is 3. The van der Waals surface area contributed by atoms with Crippen LogP contribution in [0.15, 0.2) is 36.7 Å². The molecular formula is C14H24N4O. The van der Waals surface area contributed by atoms with Gasteiger partial charge in [-0.3, -0.25) is 4.79 Å². The molecule has 19 heavy (non-hydrogen) atoms. The number of nitrogens with one attached hydrogen (secondary N) is 1. The van der Waals surface area contributed by atoms with Gasteiger partial charge in [0.2, 0.25) is 5.91 Å². The van der Waals surface area contributed by atoms with E-state index >= 15 is 0 Å². The monoisotopic (exact) mass is 264 g/mol. The second-order valence-electron chi connectivity index (χ2n) is 5.13. The molecule has 0 bridgehead atoms. The molecule has 0 spiro atoms. The minimum Gasteiger partial charge on any atom is -0.399 e. The van der Waals surface area contributed by atoms with Crippen LogP contribution < -0.4 is 16.8 Å². The normalized spacial score (nSPS) is 22.1. The van der Waals surface area contributed by atoms with Crippen LogP contribution in [0, 0.1) is 5.92 Å². The van der Waals surface area contributed by atoms with E-state index in [4.69, 9.17) is 11.5 Å². The van der Waals surface area contributed by atoms with Crippen LogP contribution in [-0.4, -0.2) is 36.5 Å². The molecule has 0 aromatic rings. The Balaban J connectivity index is 2.61. The molecule has 0 radical (unpaired) electrons. The first-order valence-electron chi connectivity index (χ1n) is 6.41. The molecule has 1 amide bonds. The minimum atomic E-state index is -0.204. The highest BCUT2D eigenvalue weighted by Gasteiger charge is 2.34. The predicted molar refractivity (Wildman–Crippen MR) is 77.9 cm³/mol. The highest BCUT2D eigenvalue weighted by atomic mass is 16.2. The van der Waals surface area contributed by atoms with Crippen molar-refractivity contribution in [1.29, 1.82) is 0 Å². The van der Waals surface area contributed by atoms with Crippen LogP contribution in [-0.2, 0) is 4.79 Å². The van der Waals surface area contributed by atoms with Gasteiger partial charge in [-0.2, -0.15) is 0 Å². The average Bonchev–Trinajstić information content (AvgIpc) is 2.76. The maximum absolute atomic E-state index is 12.2. The van der Waals surface area contributed by atoms with Crippen molar-refractivity contribution in [2.75, 3.05) is 19.6 Å². The molecule has 1 rings (SSSR count). The molecule has 5 heteroatoms. The SMILES string of the molecule is C=C(N)C(=C)CNC(=O)C1CC(C)CN1C(=C)CN. The summed E-state index contributed by atoms with van der Waals surface area (Å²) < 4.78 is 0. The Bertz CT molecular complexity index is 402. The zero-order valence-corrected chi connectivity index (χ0v) is 11.6. The zero-order chi connectivity index (χ0) is 14.6. The van der Waals surface area contributed by atoms with Gasteiger partial charge in [-0.05, 0) is 17.9 Å². The maximum Gasteiger partial charge on any atom is 0.242 e. The summed E-state index contributed by atoms with van der Waals surface area (Å²) in [5.74, 6) is 0.410. The van der Waals surface area contributed by atoms with E-state index in [0.29, 0.717) is 30.3 Å². The molecule has 0 aliphatic carbocycles. The van der Waals surface area contributed by atoms with E-state index in [0.717, 1.165) is 18.7 Å². The third kappa shape index (κ3) is 3.86. The van der Waals surface area contributed by atoms with Crippen LogP contribution in [0.3, 0.4) is 0 Å². The van der Waals surface area contributed by atoms with Gasteiger partial charge in [0.05, 0.1) is 0 Å². The number of nitrogens with two attached hydrogens (primary N) is 2. The Labute approximate surface area is 115 Å². The van der Waals surface area contributed by atoms with E-state index < -0.39 is 0 Å². The van der Waals surface area contributed by atoms with E-state index in [1.54, 1.807) is 0 Å². The summed E-state index contributed by atoms with van der Waals surface area (Å²) in [6, 6.07) is -0.204. The Kier molecular flexibility index (Phi) is 5.18. The van der Waals surface area contributed by atoms with Crippen molar-refractivity contribution in [1.82, 2.24) is 10.2 Å². The molecule has 5 nitrogen and oxygen atoms in total. The van der Waals surface area contributed by atoms with Crippen molar-refractivity contribution < 1.29 is 4.79 Å². The highest BCUT2D eigenvalue weighted by Crippen LogP contribution is 2.25. The van der Waals surface area contributed by atoms with Crippen molar-refractivity contribution in [3.05, 3.63) is 36.7 Å². The summed E-state index contributed by atoms with van der Waals surface area (Å²) >= 11 is 0. The molecule has 1 heterocycles. The van der Waals surface area contributed by atoms with E-state index in [1.807, 2.05) is 4.90 Å². The number of carbonyl (C=O) groups is 1. The summed E-state index contributed by atoms with van der Waals surface area (Å²) in [7, 11) is 0. The first-order chi connectivity index (χ1) is 8.86. The zero-order valence-electron chi connectivity index (χ0n) is 11.6. The Morgan fingerprint density at radius 2 is 2.05 bits per heavy atom. The maximum atomic E-state index is 12.2. The van der Waals surface area contributed by atoms with E-state index in [1.165, 1.54) is 0 Å². The van der Waals surface area contributed by atoms with Crippen molar-refractivity contribution in [2.24, 2.45) is 17.4 Å². The Hall–Kier alpha value is -1.75. The van der Waals surface area contributed by atoms with Gasteiger partial charge in [-0.15, -0.1) is 0 Å². The van der Waals surface area contributed by atoms with Crippen molar-refractivity contribution in [3.63, 3.8) is 0 Å². The fourth-order valence-electron chi connectivity index (χ4n) is 2.19. The number of carbonyl (C=O) groups excluding carboxylic acids is 1. The van der Waals surface area contributed by atoms with Gasteiger partial charge in [-0.25, -0.2) is 0 Å². The van der Waals surface area contributed by atoms with Gasteiger partial charge < -0.3 is 21.7 Å². The van der Waals surface area contributed by atoms with Crippen LogP contribution in [0.1, 0.15) is 13.3 Å². The Morgan fingerprint density at radius 3 is 2.58 bits per heavy atom. The van der Waals surface area contributed by atoms with Crippen molar-refractivity contribution in [2.45, 2.75) is 19.4 Å². The summed E-state index contributed by atoms with van der Waals surface area (Å²) in [5.41, 5.74) is 12.9. The lowest BCUT2D eigenvalue weighted by atomic mass is 10.1. The van der Waals surface area contributed by atoms with Gasteiger partial charge in [0, 0.05) is 31.0 Å². The van der Waals surface area contributed by atoms with Gasteiger partial charge in [-0.1, -0.05) is 26.7 Å². The summed E-state index contributed by atoms with van der Waals surface area (Å²) in [4.78, 5) is 14.2. The van der Waals surface area contributed by atoms with Crippen molar-refractivity contribution >= 4 is 5.91 Å². The first-order valence-corrected chi connectivity index (χ1v) is 6.41. The molecule has 1 fully saturated rings. The number of rotatable bonds is 6. The van der Waals surface area contributed by atoms with E-state index in [-0.39, 0.29) is 11.9 Å². The lowest BCUT2D eigenvalue weighted by Gasteiger charge is -2.27. The van der Waals surface area contributed by atoms with E-state index in [2.05, 4.69) is 32.0 Å². The number of amides is 1. The van der Waals surface area contributed by atoms with E-state index in [9.17, 15) is 4.79 Å². The molecule has 0 aromatic carbocycles. The van der Waals surface area contributed by atoms with Crippen LogP contribution in [0.4, 0.5) is 0 Å². The smallest absolute Gasteiger partial charge is 0.242 e. The standard InChI is InChI=1S/C14H24N4O/c1-9-5-13(18(8-9)11(3)6-15)14(19)17-7-10(2)12(4)16/h9,13H,2-8,15-16H2,1H3,(H,17,19). The van der Waals surface area contributed by atoms with Crippen LogP contribution in [0.25, 0.3) is 0 Å². The quantitative estimate of drug-likeness (QED) is 0.603. The molecule has 2 atom stereocenters. The molecule has 1 aliphatic rings. The molecule has 1 saturated heterocycles. The molecule has 106 valence electrons. The van der Waals surface area contributed by atoms with Gasteiger partial charge in [0.1, 0.15) is 6.04 Å². The third-order valence-electron chi connectivity index (χ3n) is 3.38. The lowest BCUT2D eigenvalue weighted by Crippen LogP contribution is -2.44. The molecular weight excluding hydrogens is 240 g/mol. The Morgan fingerprint density at radius 1 is 1.42 bits per heavy atom. The topological polar surface area (TPSA) is 84.4 Å². The molecule has 1 aliphatic heterocycles. The second-order valence-corrected chi connectivity index (χ2v) is 5.13. The summed E-state index contributed by atoms with van der Waals surface area (Å²) in [6.07, 6.45) is 0.806. The lowest BCUT2D eigenvalue weighted by molar-refractivity contribution is -0.124. The third-order valence-corrected chi connectivity index (χ3v) is 3.38. The highest BCUT2D eigenvalue weighted by molar-refractivity contribution is 5.82. The average molecular weight is 264 g/mol. The van der Waals surface area contributed by atoms with Gasteiger partial charge in [0.25, 0.3) is 0 Å². The summed E-state index contributed by atoms with van der Waals surface area (Å²) in [6.45, 7) is 14.9. The number of hydrogen-bond acceptors (Lipinski definition) is 4. The minimum absolute atomic E-state index is 0.0404. The van der Waals surface area contributed by atoms with Gasteiger partial charge in [0.15, 0.2) is 0 Å². The predicted octanol–water partition coefficient (Wildman–Crippen LogP) is 0.314. The fraction of sp³-hybridized carbons (Fsp3) is 0.500. The van der Waals surface area contributed by atoms with Gasteiger partial charge >= 0.3 is 0 Å². The number of likely N-dealkylation sites (tertiary alicyclic amines) is 1. The molecule has 0 saturated carbocycles. The largest absolute Gasteiger partial charge is 0.399 e. The number of nitrogens with zero attached hydrogens (tertiary/aromatic N) is 1. The summed E-state index contributed by atoms with van der Waals surface area (Å²) in [5, 5.41) is 2.83. The molecule has 2 unspecified atom stereocenters. The first kappa shape index (κ1) is 15.3. The van der Waals surface area contributed by atoms with Crippen molar-refractivity contribution in [3.8, 4) is 0 Å². The fourth-order valence-corrected chi connectivity index (χ4v) is 2.19. The van der Waals surface area contributed by atoms with Crippen LogP contribution in [0.5, 0.6) is 0 Å². The second kappa shape index (κ2) is 6.43. The molecule has 5 N–H and O–H groups in total.